The molecule has 2 aromatic rings. The number of para-hydroxylation sites is 1. The molecule has 122 valence electrons. The summed E-state index contributed by atoms with van der Waals surface area (Å²) < 4.78 is 5.26. The third-order valence-electron chi connectivity index (χ3n) is 3.20. The Morgan fingerprint density at radius 1 is 1.26 bits per heavy atom. The van der Waals surface area contributed by atoms with Gasteiger partial charge in [-0.05, 0) is 30.3 Å². The number of halogens is 1. The van der Waals surface area contributed by atoms with Crippen molar-refractivity contribution in [2.45, 2.75) is 6.10 Å². The molecule has 2 rings (SSSR count). The fraction of sp³-hybridized carbons (Fsp3) is 0.235. The van der Waals surface area contributed by atoms with E-state index >= 15 is 0 Å². The average molecular weight is 335 g/mol. The van der Waals surface area contributed by atoms with E-state index in [0.29, 0.717) is 17.0 Å². The summed E-state index contributed by atoms with van der Waals surface area (Å²) in [7, 11) is 1.54. The predicted molar refractivity (Wildman–Crippen MR) is 92.6 cm³/mol. The van der Waals surface area contributed by atoms with Gasteiger partial charge in [-0.2, -0.15) is 0 Å². The number of anilines is 2. The zero-order chi connectivity index (χ0) is 16.7. The molecule has 0 saturated carbocycles. The van der Waals surface area contributed by atoms with Crippen molar-refractivity contribution in [3.63, 3.8) is 0 Å². The molecule has 1 atom stereocenters. The maximum Gasteiger partial charge on any atom is 0.255 e. The highest BCUT2D eigenvalue weighted by atomic mass is 35.5. The number of aliphatic hydroxyl groups is 1. The Kier molecular flexibility index (Phi) is 6.26. The summed E-state index contributed by atoms with van der Waals surface area (Å²) >= 11 is 5.58. The van der Waals surface area contributed by atoms with Crippen molar-refractivity contribution in [2.24, 2.45) is 0 Å². The first kappa shape index (κ1) is 17.1. The van der Waals surface area contributed by atoms with Gasteiger partial charge in [-0.1, -0.05) is 18.2 Å². The predicted octanol–water partition coefficient (Wildman–Crippen LogP) is 2.96. The monoisotopic (exact) mass is 334 g/mol. The van der Waals surface area contributed by atoms with Gasteiger partial charge in [0.25, 0.3) is 5.91 Å². The van der Waals surface area contributed by atoms with Crippen LogP contribution in [-0.4, -0.2) is 36.7 Å². The van der Waals surface area contributed by atoms with E-state index < -0.39 is 6.10 Å². The van der Waals surface area contributed by atoms with Crippen molar-refractivity contribution in [1.29, 1.82) is 0 Å². The second-order valence-corrected chi connectivity index (χ2v) is 5.23. The minimum atomic E-state index is -0.678. The van der Waals surface area contributed by atoms with Gasteiger partial charge in [0.2, 0.25) is 0 Å². The Morgan fingerprint density at radius 2 is 2.00 bits per heavy atom. The van der Waals surface area contributed by atoms with Crippen molar-refractivity contribution in [3.8, 4) is 5.75 Å². The van der Waals surface area contributed by atoms with Crippen molar-refractivity contribution in [1.82, 2.24) is 0 Å². The van der Waals surface area contributed by atoms with E-state index in [1.807, 2.05) is 30.3 Å². The molecule has 0 aliphatic rings. The fourth-order valence-electron chi connectivity index (χ4n) is 1.99. The quantitative estimate of drug-likeness (QED) is 0.681. The standard InChI is InChI=1S/C17H19ClN2O3/c1-23-16-8-7-12(9-15(16)19-11-14(21)10-18)17(22)20-13-5-3-2-4-6-13/h2-9,14,19,21H,10-11H2,1H3,(H,20,22). The minimum Gasteiger partial charge on any atom is -0.495 e. The summed E-state index contributed by atoms with van der Waals surface area (Å²) in [6.07, 6.45) is -0.678. The van der Waals surface area contributed by atoms with Gasteiger partial charge in [0.1, 0.15) is 5.75 Å². The van der Waals surface area contributed by atoms with Gasteiger partial charge in [-0.15, -0.1) is 11.6 Å². The molecule has 1 amide bonds. The molecular formula is C17H19ClN2O3. The van der Waals surface area contributed by atoms with E-state index in [9.17, 15) is 9.90 Å². The van der Waals surface area contributed by atoms with E-state index in [0.717, 1.165) is 5.69 Å². The Bertz CT molecular complexity index is 650. The molecule has 0 aromatic heterocycles. The Hall–Kier alpha value is -2.24. The lowest BCUT2D eigenvalue weighted by molar-refractivity contribution is 0.102. The number of benzene rings is 2. The number of carbonyl (C=O) groups excluding carboxylic acids is 1. The van der Waals surface area contributed by atoms with E-state index in [1.54, 1.807) is 25.3 Å². The number of hydrogen-bond acceptors (Lipinski definition) is 4. The number of alkyl halides is 1. The Balaban J connectivity index is 2.14. The largest absolute Gasteiger partial charge is 0.495 e. The van der Waals surface area contributed by atoms with Gasteiger partial charge >= 0.3 is 0 Å². The summed E-state index contributed by atoms with van der Waals surface area (Å²) in [5.41, 5.74) is 1.83. The lowest BCUT2D eigenvalue weighted by atomic mass is 10.1. The average Bonchev–Trinajstić information content (AvgIpc) is 2.60. The van der Waals surface area contributed by atoms with Crippen LogP contribution >= 0.6 is 11.6 Å². The number of carbonyl (C=O) groups is 1. The van der Waals surface area contributed by atoms with Gasteiger partial charge in [-0.3, -0.25) is 4.79 Å². The highest BCUT2D eigenvalue weighted by molar-refractivity contribution is 6.18. The number of nitrogens with one attached hydrogen (secondary N) is 2. The van der Waals surface area contributed by atoms with Crippen LogP contribution in [0.4, 0.5) is 11.4 Å². The molecule has 0 spiro atoms. The molecular weight excluding hydrogens is 316 g/mol. The van der Waals surface area contributed by atoms with Crippen LogP contribution in [0.15, 0.2) is 48.5 Å². The van der Waals surface area contributed by atoms with Crippen LogP contribution in [0, 0.1) is 0 Å². The van der Waals surface area contributed by atoms with Gasteiger partial charge < -0.3 is 20.5 Å². The maximum absolute atomic E-state index is 12.3. The number of rotatable bonds is 7. The van der Waals surface area contributed by atoms with Crippen LogP contribution in [0.3, 0.4) is 0 Å². The van der Waals surface area contributed by atoms with Crippen LogP contribution in [-0.2, 0) is 0 Å². The van der Waals surface area contributed by atoms with Crippen LogP contribution in [0.2, 0.25) is 0 Å². The fourth-order valence-corrected chi connectivity index (χ4v) is 2.10. The molecule has 0 aliphatic carbocycles. The molecule has 0 saturated heterocycles. The maximum atomic E-state index is 12.3. The highest BCUT2D eigenvalue weighted by Crippen LogP contribution is 2.26. The SMILES string of the molecule is COc1ccc(C(=O)Nc2ccccc2)cc1NCC(O)CCl. The lowest BCUT2D eigenvalue weighted by Gasteiger charge is -2.14. The number of hydrogen-bond donors (Lipinski definition) is 3. The van der Waals surface area contributed by atoms with E-state index in [-0.39, 0.29) is 18.3 Å². The molecule has 0 heterocycles. The number of amides is 1. The molecule has 0 radical (unpaired) electrons. The molecule has 0 aliphatic heterocycles. The molecule has 6 heteroatoms. The van der Waals surface area contributed by atoms with Crippen molar-refractivity contribution < 1.29 is 14.6 Å². The molecule has 3 N–H and O–H groups in total. The molecule has 1 unspecified atom stereocenters. The van der Waals surface area contributed by atoms with Gasteiger partial charge in [0, 0.05) is 17.8 Å². The van der Waals surface area contributed by atoms with Crippen molar-refractivity contribution in [2.75, 3.05) is 30.2 Å². The van der Waals surface area contributed by atoms with Gasteiger partial charge in [0.15, 0.2) is 0 Å². The van der Waals surface area contributed by atoms with Crippen molar-refractivity contribution >= 4 is 28.9 Å². The normalized spacial score (nSPS) is 11.6. The Labute approximate surface area is 140 Å². The third-order valence-corrected chi connectivity index (χ3v) is 3.56. The number of aliphatic hydroxyl groups excluding tert-OH is 1. The molecule has 23 heavy (non-hydrogen) atoms. The van der Waals surface area contributed by atoms with E-state index in [2.05, 4.69) is 10.6 Å². The van der Waals surface area contributed by atoms with Crippen LogP contribution in [0.1, 0.15) is 10.4 Å². The second kappa shape index (κ2) is 8.41. The van der Waals surface area contributed by atoms with E-state index in [4.69, 9.17) is 16.3 Å². The Morgan fingerprint density at radius 3 is 2.65 bits per heavy atom. The summed E-state index contributed by atoms with van der Waals surface area (Å²) in [5, 5.41) is 15.4. The molecule has 0 bridgehead atoms. The first-order valence-corrected chi connectivity index (χ1v) is 7.70. The minimum absolute atomic E-state index is 0.128. The van der Waals surface area contributed by atoms with Crippen LogP contribution in [0.25, 0.3) is 0 Å². The smallest absolute Gasteiger partial charge is 0.255 e. The molecule has 2 aromatic carbocycles. The van der Waals surface area contributed by atoms with Gasteiger partial charge in [0.05, 0.1) is 24.8 Å². The second-order valence-electron chi connectivity index (χ2n) is 4.92. The number of ether oxygens (including phenoxy) is 1. The topological polar surface area (TPSA) is 70.6 Å². The van der Waals surface area contributed by atoms with E-state index in [1.165, 1.54) is 0 Å². The number of methoxy groups -OCH3 is 1. The molecule has 0 fully saturated rings. The zero-order valence-electron chi connectivity index (χ0n) is 12.8. The van der Waals surface area contributed by atoms with Gasteiger partial charge in [-0.25, -0.2) is 0 Å². The first-order chi connectivity index (χ1) is 11.1. The summed E-state index contributed by atoms with van der Waals surface area (Å²) in [4.78, 5) is 12.3. The molecule has 5 nitrogen and oxygen atoms in total. The van der Waals surface area contributed by atoms with Crippen molar-refractivity contribution in [3.05, 3.63) is 54.1 Å². The highest BCUT2D eigenvalue weighted by Gasteiger charge is 2.11. The zero-order valence-corrected chi connectivity index (χ0v) is 13.5. The summed E-state index contributed by atoms with van der Waals surface area (Å²) in [6, 6.07) is 14.3. The van der Waals surface area contributed by atoms with Crippen LogP contribution in [0.5, 0.6) is 5.75 Å². The van der Waals surface area contributed by atoms with Crippen LogP contribution < -0.4 is 15.4 Å². The summed E-state index contributed by atoms with van der Waals surface area (Å²) in [5.74, 6) is 0.492. The third kappa shape index (κ3) is 4.87. The first-order valence-electron chi connectivity index (χ1n) is 7.16. The summed E-state index contributed by atoms with van der Waals surface area (Å²) in [6.45, 7) is 0.267. The lowest BCUT2D eigenvalue weighted by Crippen LogP contribution is -2.21.